The predicted molar refractivity (Wildman–Crippen MR) is 82.3 cm³/mol. The van der Waals surface area contributed by atoms with Gasteiger partial charge in [0, 0.05) is 31.9 Å². The van der Waals surface area contributed by atoms with Gasteiger partial charge in [-0.15, -0.1) is 0 Å². The average Bonchev–Trinajstić information content (AvgIpc) is 3.04. The molecule has 1 amide bonds. The van der Waals surface area contributed by atoms with E-state index in [0.29, 0.717) is 18.2 Å². The van der Waals surface area contributed by atoms with Gasteiger partial charge < -0.3 is 4.90 Å². The first-order valence-electron chi connectivity index (χ1n) is 7.62. The van der Waals surface area contributed by atoms with Gasteiger partial charge in [-0.25, -0.2) is 8.42 Å². The highest BCUT2D eigenvalue weighted by Crippen LogP contribution is 2.28. The van der Waals surface area contributed by atoms with Crippen molar-refractivity contribution in [3.63, 3.8) is 0 Å². The molecule has 1 aromatic rings. The molecule has 3 rings (SSSR count). The molecule has 1 aromatic heterocycles. The number of nitrogens with one attached hydrogen (secondary N) is 1. The number of aromatic nitrogens is 2. The summed E-state index contributed by atoms with van der Waals surface area (Å²) < 4.78 is 24.2. The van der Waals surface area contributed by atoms with E-state index < -0.39 is 9.84 Å². The monoisotopic (exact) mass is 326 g/mol. The molecular formula is C14H22N4O3S. The van der Waals surface area contributed by atoms with Crippen LogP contribution >= 0.6 is 0 Å². The van der Waals surface area contributed by atoms with E-state index in [1.165, 1.54) is 6.20 Å². The van der Waals surface area contributed by atoms with Gasteiger partial charge in [0.2, 0.25) is 0 Å². The van der Waals surface area contributed by atoms with Gasteiger partial charge in [0.25, 0.3) is 5.91 Å². The molecule has 0 unspecified atom stereocenters. The fourth-order valence-corrected chi connectivity index (χ4v) is 5.51. The lowest BCUT2D eigenvalue weighted by atomic mass is 10.0. The Labute approximate surface area is 130 Å². The summed E-state index contributed by atoms with van der Waals surface area (Å²) in [5.41, 5.74) is 0.417. The molecule has 0 radical (unpaired) electrons. The third-order valence-electron chi connectivity index (χ3n) is 4.38. The molecule has 2 aliphatic heterocycles. The second-order valence-electron chi connectivity index (χ2n) is 6.57. The number of fused-ring (bicyclic) bond motifs is 1. The first-order valence-corrected chi connectivity index (χ1v) is 9.44. The molecule has 0 saturated carbocycles. The number of hydrogen-bond donors (Lipinski definition) is 1. The van der Waals surface area contributed by atoms with Crippen LogP contribution in [0, 0.1) is 5.92 Å². The zero-order valence-electron chi connectivity index (χ0n) is 12.9. The number of piperazine rings is 1. The first kappa shape index (κ1) is 15.5. The maximum atomic E-state index is 12.6. The van der Waals surface area contributed by atoms with E-state index in [1.807, 2.05) is 0 Å². The van der Waals surface area contributed by atoms with Gasteiger partial charge in [0.05, 0.1) is 17.5 Å². The van der Waals surface area contributed by atoms with E-state index in [1.54, 1.807) is 11.0 Å². The highest BCUT2D eigenvalue weighted by Gasteiger charge is 2.48. The molecule has 8 heteroatoms. The molecule has 0 spiro atoms. The Bertz CT molecular complexity index is 641. The van der Waals surface area contributed by atoms with Crippen LogP contribution in [0.5, 0.6) is 0 Å². The van der Waals surface area contributed by atoms with Crippen molar-refractivity contribution >= 4 is 15.7 Å². The van der Waals surface area contributed by atoms with E-state index in [4.69, 9.17) is 0 Å². The highest BCUT2D eigenvalue weighted by atomic mass is 32.2. The van der Waals surface area contributed by atoms with Crippen molar-refractivity contribution in [3.05, 3.63) is 18.0 Å². The Balaban J connectivity index is 1.85. The molecule has 0 bridgehead atoms. The Kier molecular flexibility index (Phi) is 3.98. The fraction of sp³-hybridized carbons (Fsp3) is 0.714. The first-order chi connectivity index (χ1) is 10.4. The Morgan fingerprint density at radius 3 is 2.73 bits per heavy atom. The van der Waals surface area contributed by atoms with Crippen LogP contribution in [0.3, 0.4) is 0 Å². The number of H-pyrrole nitrogens is 1. The molecule has 2 fully saturated rings. The summed E-state index contributed by atoms with van der Waals surface area (Å²) in [7, 11) is -3.09. The topological polar surface area (TPSA) is 86.4 Å². The van der Waals surface area contributed by atoms with Crippen LogP contribution in [0.2, 0.25) is 0 Å². The van der Waals surface area contributed by atoms with Crippen LogP contribution in [0.1, 0.15) is 24.3 Å². The number of sulfone groups is 1. The van der Waals surface area contributed by atoms with Crippen molar-refractivity contribution in [2.45, 2.75) is 25.9 Å². The minimum absolute atomic E-state index is 0.0616. The molecule has 0 aromatic carbocycles. The van der Waals surface area contributed by atoms with Crippen molar-refractivity contribution in [2.24, 2.45) is 5.92 Å². The smallest absolute Gasteiger partial charge is 0.272 e. The van der Waals surface area contributed by atoms with Crippen LogP contribution in [0.15, 0.2) is 12.3 Å². The van der Waals surface area contributed by atoms with Crippen LogP contribution in [0.4, 0.5) is 0 Å². The van der Waals surface area contributed by atoms with E-state index in [0.717, 1.165) is 13.1 Å². The second kappa shape index (κ2) is 5.66. The zero-order valence-corrected chi connectivity index (χ0v) is 13.7. The lowest BCUT2D eigenvalue weighted by Gasteiger charge is -2.44. The maximum Gasteiger partial charge on any atom is 0.272 e. The minimum atomic E-state index is -3.09. The number of aromatic amines is 1. The minimum Gasteiger partial charge on any atom is -0.330 e. The summed E-state index contributed by atoms with van der Waals surface area (Å²) in [6, 6.07) is 1.28. The van der Waals surface area contributed by atoms with Crippen molar-refractivity contribution in [1.29, 1.82) is 0 Å². The van der Waals surface area contributed by atoms with Gasteiger partial charge in [-0.2, -0.15) is 5.10 Å². The summed E-state index contributed by atoms with van der Waals surface area (Å²) in [6.45, 7) is 6.39. The molecule has 122 valence electrons. The van der Waals surface area contributed by atoms with Crippen LogP contribution in [-0.2, 0) is 9.84 Å². The van der Waals surface area contributed by atoms with E-state index in [-0.39, 0.29) is 29.5 Å². The molecule has 2 aliphatic rings. The standard InChI is InChI=1S/C14H22N4O3S/c1-10(2)7-17-5-6-18(14(19)11-3-4-15-16-11)13-9-22(20,21)8-12(13)17/h3-4,10,12-13H,5-9H2,1-2H3,(H,15,16)/t12-,13+/m1/s1. The quantitative estimate of drug-likeness (QED) is 0.844. The van der Waals surface area contributed by atoms with Gasteiger partial charge in [0.15, 0.2) is 9.84 Å². The lowest BCUT2D eigenvalue weighted by Crippen LogP contribution is -2.61. The Hall–Kier alpha value is -1.41. The number of carbonyl (C=O) groups excluding carboxylic acids is 1. The van der Waals surface area contributed by atoms with Crippen molar-refractivity contribution in [2.75, 3.05) is 31.1 Å². The summed E-state index contributed by atoms with van der Waals surface area (Å²) >= 11 is 0. The molecule has 22 heavy (non-hydrogen) atoms. The number of rotatable bonds is 3. The van der Waals surface area contributed by atoms with E-state index in [2.05, 4.69) is 28.9 Å². The second-order valence-corrected chi connectivity index (χ2v) is 8.72. The maximum absolute atomic E-state index is 12.6. The van der Waals surface area contributed by atoms with Crippen LogP contribution in [0.25, 0.3) is 0 Å². The molecule has 0 aliphatic carbocycles. The third kappa shape index (κ3) is 2.89. The van der Waals surface area contributed by atoms with E-state index in [9.17, 15) is 13.2 Å². The average molecular weight is 326 g/mol. The SMILES string of the molecule is CC(C)CN1CCN(C(=O)c2ccn[nH]2)[C@H]2CS(=O)(=O)C[C@H]21. The van der Waals surface area contributed by atoms with Crippen molar-refractivity contribution in [1.82, 2.24) is 20.0 Å². The van der Waals surface area contributed by atoms with Crippen molar-refractivity contribution < 1.29 is 13.2 Å². The molecule has 7 nitrogen and oxygen atoms in total. The van der Waals surface area contributed by atoms with Gasteiger partial charge >= 0.3 is 0 Å². The summed E-state index contributed by atoms with van der Waals surface area (Å²) in [6.07, 6.45) is 1.53. The molecular weight excluding hydrogens is 304 g/mol. The summed E-state index contributed by atoms with van der Waals surface area (Å²) in [5.74, 6) is 0.524. The molecule has 2 saturated heterocycles. The molecule has 3 heterocycles. The van der Waals surface area contributed by atoms with Crippen LogP contribution < -0.4 is 0 Å². The van der Waals surface area contributed by atoms with Crippen LogP contribution in [-0.4, -0.2) is 77.5 Å². The molecule has 2 atom stereocenters. The van der Waals surface area contributed by atoms with E-state index >= 15 is 0 Å². The number of amides is 1. The number of hydrogen-bond acceptors (Lipinski definition) is 5. The fourth-order valence-electron chi connectivity index (χ4n) is 3.50. The summed E-state index contributed by atoms with van der Waals surface area (Å²) in [4.78, 5) is 16.5. The molecule has 1 N–H and O–H groups in total. The predicted octanol–water partition coefficient (Wildman–Crippen LogP) is -0.0109. The largest absolute Gasteiger partial charge is 0.330 e. The van der Waals surface area contributed by atoms with Crippen molar-refractivity contribution in [3.8, 4) is 0 Å². The third-order valence-corrected chi connectivity index (χ3v) is 6.08. The zero-order chi connectivity index (χ0) is 15.9. The Morgan fingerprint density at radius 1 is 1.36 bits per heavy atom. The highest BCUT2D eigenvalue weighted by molar-refractivity contribution is 7.91. The lowest BCUT2D eigenvalue weighted by molar-refractivity contribution is 0.0292. The summed E-state index contributed by atoms with van der Waals surface area (Å²) in [5, 5.41) is 6.48. The normalized spacial score (nSPS) is 28.0. The van der Waals surface area contributed by atoms with Gasteiger partial charge in [-0.3, -0.25) is 14.8 Å². The van der Waals surface area contributed by atoms with Gasteiger partial charge in [-0.05, 0) is 12.0 Å². The van der Waals surface area contributed by atoms with Gasteiger partial charge in [0.1, 0.15) is 5.69 Å². The Morgan fingerprint density at radius 2 is 2.09 bits per heavy atom. The number of carbonyl (C=O) groups is 1. The number of nitrogens with zero attached hydrogens (tertiary/aromatic N) is 3. The van der Waals surface area contributed by atoms with Gasteiger partial charge in [-0.1, -0.05) is 13.8 Å².